The molecule has 7 nitrogen and oxygen atoms in total. The molecule has 1 amide bonds. The van der Waals surface area contributed by atoms with Gasteiger partial charge in [-0.25, -0.2) is 8.78 Å². The van der Waals surface area contributed by atoms with Crippen molar-refractivity contribution in [2.45, 2.75) is 71.3 Å². The first kappa shape index (κ1) is 33.2. The van der Waals surface area contributed by atoms with Crippen LogP contribution < -0.4 is 5.32 Å². The van der Waals surface area contributed by atoms with Gasteiger partial charge in [0, 0.05) is 33.0 Å². The molecule has 0 saturated heterocycles. The first-order valence-electron chi connectivity index (χ1n) is 14.4. The number of aromatic nitrogens is 1. The molecule has 3 rings (SSSR count). The number of rotatable bonds is 15. The third-order valence-corrected chi connectivity index (χ3v) is 7.14. The number of allylic oxidation sites excluding steroid dienone is 1. The van der Waals surface area contributed by atoms with Gasteiger partial charge in [-0.2, -0.15) is 0 Å². The maximum atomic E-state index is 13.3. The fourth-order valence-corrected chi connectivity index (χ4v) is 4.79. The lowest BCUT2D eigenvalue weighted by molar-refractivity contribution is -0.144. The normalized spacial score (nSPS) is 12.8. The van der Waals surface area contributed by atoms with E-state index in [9.17, 15) is 23.2 Å². The Morgan fingerprint density at radius 1 is 0.884 bits per heavy atom. The fraction of sp³-hybridized carbons (Fsp3) is 0.382. The summed E-state index contributed by atoms with van der Waals surface area (Å²) >= 11 is 0. The number of nitrogens with zero attached hydrogens (tertiary/aromatic N) is 1. The van der Waals surface area contributed by atoms with E-state index in [1.165, 1.54) is 38.1 Å². The number of hydrogen-bond donors (Lipinski definition) is 1. The van der Waals surface area contributed by atoms with E-state index < -0.39 is 11.5 Å². The van der Waals surface area contributed by atoms with Gasteiger partial charge in [0.15, 0.2) is 5.76 Å². The first-order chi connectivity index (χ1) is 20.4. The van der Waals surface area contributed by atoms with Crippen LogP contribution >= 0.6 is 0 Å². The van der Waals surface area contributed by atoms with Gasteiger partial charge in [0.05, 0.1) is 11.2 Å². The van der Waals surface area contributed by atoms with Crippen LogP contribution in [-0.4, -0.2) is 34.6 Å². The molecule has 1 N–H and O–H groups in total. The number of ether oxygens (including phenoxy) is 2. The zero-order valence-electron chi connectivity index (χ0n) is 25.3. The number of benzene rings is 2. The van der Waals surface area contributed by atoms with Crippen molar-refractivity contribution in [2.75, 3.05) is 6.61 Å². The molecular weight excluding hydrogens is 554 g/mol. The van der Waals surface area contributed by atoms with Crippen molar-refractivity contribution in [2.24, 2.45) is 7.05 Å². The smallest absolute Gasteiger partial charge is 0.311 e. The molecule has 0 bridgehead atoms. The summed E-state index contributed by atoms with van der Waals surface area (Å²) in [5, 5.41) is 2.89. The largest absolute Gasteiger partial charge is 0.463 e. The number of hydrogen-bond acceptors (Lipinski definition) is 5. The highest BCUT2D eigenvalue weighted by molar-refractivity contribution is 5.77. The van der Waals surface area contributed by atoms with Gasteiger partial charge in [-0.05, 0) is 99.0 Å². The summed E-state index contributed by atoms with van der Waals surface area (Å²) in [7, 11) is 1.88. The maximum absolute atomic E-state index is 13.3. The quantitative estimate of drug-likeness (QED) is 0.166. The van der Waals surface area contributed by atoms with E-state index in [4.69, 9.17) is 9.47 Å². The van der Waals surface area contributed by atoms with Crippen LogP contribution in [-0.2, 0) is 50.2 Å². The van der Waals surface area contributed by atoms with Gasteiger partial charge in [-0.3, -0.25) is 14.4 Å². The molecule has 0 spiro atoms. The lowest BCUT2D eigenvalue weighted by atomic mass is 9.95. The second kappa shape index (κ2) is 15.8. The van der Waals surface area contributed by atoms with E-state index in [0.29, 0.717) is 50.0 Å². The van der Waals surface area contributed by atoms with Crippen LogP contribution in [0.15, 0.2) is 66.7 Å². The second-order valence-electron chi connectivity index (χ2n) is 11.0. The lowest BCUT2D eigenvalue weighted by Crippen LogP contribution is -2.49. The molecule has 1 aromatic heterocycles. The minimum atomic E-state index is -0.757. The van der Waals surface area contributed by atoms with Gasteiger partial charge in [0.1, 0.15) is 18.2 Å². The van der Waals surface area contributed by atoms with E-state index in [-0.39, 0.29) is 36.5 Å². The predicted octanol–water partition coefficient (Wildman–Crippen LogP) is 6.23. The Hall–Kier alpha value is -4.27. The Morgan fingerprint density at radius 2 is 1.49 bits per heavy atom. The van der Waals surface area contributed by atoms with Crippen molar-refractivity contribution in [3.63, 3.8) is 0 Å². The minimum Gasteiger partial charge on any atom is -0.463 e. The Kier molecular flexibility index (Phi) is 12.2. The van der Waals surface area contributed by atoms with Crippen LogP contribution in [0.5, 0.6) is 0 Å². The van der Waals surface area contributed by atoms with Crippen LogP contribution in [0, 0.1) is 11.6 Å². The van der Waals surface area contributed by atoms with E-state index >= 15 is 0 Å². The zero-order chi connectivity index (χ0) is 31.4. The van der Waals surface area contributed by atoms with E-state index in [2.05, 4.69) is 5.32 Å². The number of nitrogens with one attached hydrogen (secondary N) is 1. The van der Waals surface area contributed by atoms with Crippen molar-refractivity contribution >= 4 is 23.6 Å². The SMILES string of the molecule is CC(=O)N[C@](C)(CCc1ccc(/C(=C/CCc2ccc(F)cc2)OC(=O)CCCc2ccc(F)cc2)n1C)COC(C)=O. The average Bonchev–Trinajstić information content (AvgIpc) is 3.32. The van der Waals surface area contributed by atoms with Crippen LogP contribution in [0.4, 0.5) is 8.78 Å². The highest BCUT2D eigenvalue weighted by atomic mass is 19.1. The zero-order valence-corrected chi connectivity index (χ0v) is 25.3. The molecule has 1 atom stereocenters. The topological polar surface area (TPSA) is 86.6 Å². The number of halogens is 2. The molecular formula is C34H40F2N2O5. The molecule has 230 valence electrons. The van der Waals surface area contributed by atoms with Gasteiger partial charge in [0.25, 0.3) is 0 Å². The predicted molar refractivity (Wildman–Crippen MR) is 161 cm³/mol. The molecule has 43 heavy (non-hydrogen) atoms. The molecule has 0 saturated carbocycles. The number of carbonyl (C=O) groups is 3. The molecule has 2 aromatic carbocycles. The molecule has 9 heteroatoms. The third kappa shape index (κ3) is 11.1. The van der Waals surface area contributed by atoms with Gasteiger partial charge in [-0.1, -0.05) is 24.3 Å². The van der Waals surface area contributed by atoms with Gasteiger partial charge >= 0.3 is 11.9 Å². The summed E-state index contributed by atoms with van der Waals surface area (Å²) in [6.07, 6.45) is 5.48. The van der Waals surface area contributed by atoms with Crippen LogP contribution in [0.3, 0.4) is 0 Å². The molecule has 0 aliphatic heterocycles. The Morgan fingerprint density at radius 3 is 2.07 bits per heavy atom. The standard InChI is InChI=1S/C34H40F2N2O5/c1-24(39)37-34(3,23-42-25(2)40)22-21-30-19-20-31(38(30)4)32(9-5-7-26-11-15-28(35)16-12-26)43-33(41)10-6-8-27-13-17-29(36)18-14-27/h9,11-20H,5-8,10,21-23H2,1-4H3,(H,37,39)/b32-9-/t34-/m1/s1. The molecule has 0 unspecified atom stereocenters. The van der Waals surface area contributed by atoms with Crippen molar-refractivity contribution in [1.29, 1.82) is 0 Å². The Bertz CT molecular complexity index is 1410. The van der Waals surface area contributed by atoms with Gasteiger partial charge in [-0.15, -0.1) is 0 Å². The molecule has 0 aliphatic rings. The summed E-state index contributed by atoms with van der Waals surface area (Å²) < 4.78 is 39.5. The van der Waals surface area contributed by atoms with Crippen molar-refractivity contribution in [1.82, 2.24) is 9.88 Å². The van der Waals surface area contributed by atoms with Crippen molar-refractivity contribution in [3.05, 3.63) is 101 Å². The molecule has 3 aromatic rings. The van der Waals surface area contributed by atoms with Crippen LogP contribution in [0.25, 0.3) is 5.76 Å². The lowest BCUT2D eigenvalue weighted by Gasteiger charge is -2.30. The van der Waals surface area contributed by atoms with Crippen LogP contribution in [0.1, 0.15) is 69.0 Å². The third-order valence-electron chi connectivity index (χ3n) is 7.14. The van der Waals surface area contributed by atoms with E-state index in [1.54, 1.807) is 24.3 Å². The summed E-state index contributed by atoms with van der Waals surface area (Å²) in [6, 6.07) is 16.3. The molecule has 0 aliphatic carbocycles. The van der Waals surface area contributed by atoms with Crippen LogP contribution in [0.2, 0.25) is 0 Å². The summed E-state index contributed by atoms with van der Waals surface area (Å²) in [5.74, 6) is -1.20. The van der Waals surface area contributed by atoms with Crippen molar-refractivity contribution < 1.29 is 32.6 Å². The van der Waals surface area contributed by atoms with Gasteiger partial charge < -0.3 is 19.4 Å². The number of esters is 2. The minimum absolute atomic E-state index is 0.0449. The first-order valence-corrected chi connectivity index (χ1v) is 14.4. The maximum Gasteiger partial charge on any atom is 0.311 e. The monoisotopic (exact) mass is 594 g/mol. The fourth-order valence-electron chi connectivity index (χ4n) is 4.79. The highest BCUT2D eigenvalue weighted by Crippen LogP contribution is 2.24. The van der Waals surface area contributed by atoms with Gasteiger partial charge in [0.2, 0.25) is 5.91 Å². The van der Waals surface area contributed by atoms with E-state index in [0.717, 1.165) is 16.8 Å². The summed E-state index contributed by atoms with van der Waals surface area (Å²) in [4.78, 5) is 36.1. The summed E-state index contributed by atoms with van der Waals surface area (Å²) in [6.45, 7) is 4.62. The number of aryl methyl sites for hydroxylation is 3. The number of carbonyl (C=O) groups excluding carboxylic acids is 3. The second-order valence-corrected chi connectivity index (χ2v) is 11.0. The molecule has 1 heterocycles. The Balaban J connectivity index is 1.73. The number of amides is 1. The molecule has 0 radical (unpaired) electrons. The highest BCUT2D eigenvalue weighted by Gasteiger charge is 2.27. The Labute approximate surface area is 251 Å². The van der Waals surface area contributed by atoms with E-state index in [1.807, 2.05) is 36.7 Å². The molecule has 0 fully saturated rings. The van der Waals surface area contributed by atoms with Crippen molar-refractivity contribution in [3.8, 4) is 0 Å². The summed E-state index contributed by atoms with van der Waals surface area (Å²) in [5.41, 5.74) is 2.79. The average molecular weight is 595 g/mol.